The Bertz CT molecular complexity index is 1240. The summed E-state index contributed by atoms with van der Waals surface area (Å²) in [4.78, 5) is 55.6. The summed E-state index contributed by atoms with van der Waals surface area (Å²) in [5.41, 5.74) is 1.69. The average molecular weight is 610 g/mol. The van der Waals surface area contributed by atoms with E-state index in [0.717, 1.165) is 29.5 Å². The quantitative estimate of drug-likeness (QED) is 0.214. The van der Waals surface area contributed by atoms with Crippen LogP contribution in [0.3, 0.4) is 0 Å². The number of nitrogens with zero attached hydrogens (tertiary/aromatic N) is 1. The van der Waals surface area contributed by atoms with Crippen LogP contribution in [-0.2, 0) is 30.3 Å². The van der Waals surface area contributed by atoms with E-state index in [4.69, 9.17) is 9.47 Å². The summed E-state index contributed by atoms with van der Waals surface area (Å²) in [7, 11) is 0. The summed E-state index contributed by atoms with van der Waals surface area (Å²) in [5, 5.41) is 5.49. The third-order valence-electron chi connectivity index (χ3n) is 6.77. The van der Waals surface area contributed by atoms with Gasteiger partial charge < -0.3 is 25.0 Å². The van der Waals surface area contributed by atoms with E-state index in [0.29, 0.717) is 12.0 Å². The van der Waals surface area contributed by atoms with Crippen molar-refractivity contribution in [1.29, 1.82) is 0 Å². The summed E-state index contributed by atoms with van der Waals surface area (Å²) >= 11 is 0. The molecule has 242 valence electrons. The highest BCUT2D eigenvalue weighted by Gasteiger charge is 2.36. The molecule has 0 saturated carbocycles. The smallest absolute Gasteiger partial charge is 0.408 e. The molecule has 3 amide bonds. The van der Waals surface area contributed by atoms with E-state index in [-0.39, 0.29) is 19.5 Å². The SMILES string of the molecule is CCCCCN(C(=O)CNC(=O)OC(C)(C)C)C(C(=O)NC(Cc1ccccc1)C(=O)OC(C)(C)C)c1c(C)cccc1C. The number of amides is 3. The Kier molecular flexibility index (Phi) is 13.4. The fourth-order valence-electron chi connectivity index (χ4n) is 4.85. The highest BCUT2D eigenvalue weighted by molar-refractivity contribution is 5.93. The number of esters is 1. The van der Waals surface area contributed by atoms with Crippen molar-refractivity contribution in [3.63, 3.8) is 0 Å². The number of hydrogen-bond acceptors (Lipinski definition) is 6. The highest BCUT2D eigenvalue weighted by Crippen LogP contribution is 2.29. The van der Waals surface area contributed by atoms with Crippen LogP contribution in [0.5, 0.6) is 0 Å². The van der Waals surface area contributed by atoms with Gasteiger partial charge in [-0.05, 0) is 84.1 Å². The van der Waals surface area contributed by atoms with Crippen LogP contribution < -0.4 is 10.6 Å². The van der Waals surface area contributed by atoms with Crippen LogP contribution in [0, 0.1) is 13.8 Å². The van der Waals surface area contributed by atoms with Crippen molar-refractivity contribution in [2.75, 3.05) is 13.1 Å². The summed E-state index contributed by atoms with van der Waals surface area (Å²) in [6.07, 6.45) is 1.91. The predicted molar refractivity (Wildman–Crippen MR) is 172 cm³/mol. The number of hydrogen-bond donors (Lipinski definition) is 2. The molecule has 0 saturated heterocycles. The van der Waals surface area contributed by atoms with Gasteiger partial charge in [0, 0.05) is 13.0 Å². The number of carbonyl (C=O) groups excluding carboxylic acids is 4. The fraction of sp³-hybridized carbons (Fsp3) is 0.543. The lowest BCUT2D eigenvalue weighted by atomic mass is 9.93. The van der Waals surface area contributed by atoms with Crippen molar-refractivity contribution in [2.45, 2.75) is 111 Å². The molecule has 0 aliphatic heterocycles. The maximum Gasteiger partial charge on any atom is 0.408 e. The summed E-state index contributed by atoms with van der Waals surface area (Å²) in [5.74, 6) is -1.51. The zero-order chi connectivity index (χ0) is 33.1. The van der Waals surface area contributed by atoms with E-state index < -0.39 is 47.2 Å². The lowest BCUT2D eigenvalue weighted by Gasteiger charge is -2.34. The largest absolute Gasteiger partial charge is 0.458 e. The summed E-state index contributed by atoms with van der Waals surface area (Å²) in [6.45, 7) is 16.3. The number of benzene rings is 2. The molecular weight excluding hydrogens is 558 g/mol. The molecule has 0 fully saturated rings. The first kappa shape index (κ1) is 36.3. The number of aryl methyl sites for hydroxylation is 2. The van der Waals surface area contributed by atoms with Gasteiger partial charge in [-0.1, -0.05) is 68.3 Å². The molecule has 2 aromatic carbocycles. The molecular formula is C35H51N3O6. The van der Waals surface area contributed by atoms with Crippen LogP contribution in [0.1, 0.15) is 96.0 Å². The molecule has 2 N–H and O–H groups in total. The standard InChI is InChI=1S/C35H51N3O6/c1-10-11-15-21-38(28(39)23-36-33(42)44-35(7,8)9)30(29-24(2)17-16-18-25(29)3)31(40)37-27(32(41)43-34(4,5)6)22-26-19-13-12-14-20-26/h12-14,16-20,27,30H,10-11,15,21-23H2,1-9H3,(H,36,42)(H,37,40). The minimum absolute atomic E-state index is 0.213. The highest BCUT2D eigenvalue weighted by atomic mass is 16.6. The van der Waals surface area contributed by atoms with Gasteiger partial charge in [-0.2, -0.15) is 0 Å². The number of carbonyl (C=O) groups is 4. The third-order valence-corrected chi connectivity index (χ3v) is 6.77. The Labute approximate surface area is 263 Å². The maximum atomic E-state index is 14.4. The van der Waals surface area contributed by atoms with E-state index in [1.54, 1.807) is 41.5 Å². The number of ether oxygens (including phenoxy) is 2. The Morgan fingerprint density at radius 2 is 1.41 bits per heavy atom. The van der Waals surface area contributed by atoms with Gasteiger partial charge in [0.25, 0.3) is 0 Å². The summed E-state index contributed by atoms with van der Waals surface area (Å²) < 4.78 is 11.0. The fourth-order valence-corrected chi connectivity index (χ4v) is 4.85. The Morgan fingerprint density at radius 1 is 0.818 bits per heavy atom. The number of unbranched alkanes of at least 4 members (excludes halogenated alkanes) is 2. The maximum absolute atomic E-state index is 14.4. The topological polar surface area (TPSA) is 114 Å². The first-order valence-corrected chi connectivity index (χ1v) is 15.4. The zero-order valence-electron chi connectivity index (χ0n) is 27.9. The molecule has 2 unspecified atom stereocenters. The van der Waals surface area contributed by atoms with E-state index in [1.807, 2.05) is 62.4 Å². The summed E-state index contributed by atoms with van der Waals surface area (Å²) in [6, 6.07) is 13.0. The second-order valence-corrected chi connectivity index (χ2v) is 13.1. The third kappa shape index (κ3) is 12.0. The van der Waals surface area contributed by atoms with Gasteiger partial charge in [0.05, 0.1) is 0 Å². The molecule has 0 heterocycles. The molecule has 9 nitrogen and oxygen atoms in total. The predicted octanol–water partition coefficient (Wildman–Crippen LogP) is 5.96. The number of alkyl carbamates (subject to hydrolysis) is 1. The van der Waals surface area contributed by atoms with Gasteiger partial charge >= 0.3 is 12.1 Å². The van der Waals surface area contributed by atoms with Crippen LogP contribution >= 0.6 is 0 Å². The van der Waals surface area contributed by atoms with Gasteiger partial charge in [0.15, 0.2) is 0 Å². The van der Waals surface area contributed by atoms with E-state index >= 15 is 0 Å². The zero-order valence-corrected chi connectivity index (χ0v) is 27.9. The van der Waals surface area contributed by atoms with Crippen LogP contribution in [-0.4, -0.2) is 59.1 Å². The second-order valence-electron chi connectivity index (χ2n) is 13.1. The molecule has 2 aromatic rings. The number of rotatable bonds is 13. The molecule has 2 atom stereocenters. The minimum atomic E-state index is -1.05. The molecule has 44 heavy (non-hydrogen) atoms. The van der Waals surface area contributed by atoms with Crippen LogP contribution in [0.2, 0.25) is 0 Å². The molecule has 0 bridgehead atoms. The Balaban J connectivity index is 2.54. The second kappa shape index (κ2) is 16.3. The first-order chi connectivity index (χ1) is 20.5. The van der Waals surface area contributed by atoms with Crippen LogP contribution in [0.25, 0.3) is 0 Å². The molecule has 2 rings (SSSR count). The van der Waals surface area contributed by atoms with Crippen molar-refractivity contribution in [3.05, 3.63) is 70.8 Å². The molecule has 0 aromatic heterocycles. The molecule has 0 aliphatic rings. The van der Waals surface area contributed by atoms with Crippen molar-refractivity contribution in [3.8, 4) is 0 Å². The van der Waals surface area contributed by atoms with Crippen molar-refractivity contribution >= 4 is 23.9 Å². The van der Waals surface area contributed by atoms with Gasteiger partial charge in [-0.15, -0.1) is 0 Å². The van der Waals surface area contributed by atoms with E-state index in [2.05, 4.69) is 17.6 Å². The normalized spacial score (nSPS) is 12.9. The lowest BCUT2D eigenvalue weighted by molar-refractivity contribution is -0.159. The van der Waals surface area contributed by atoms with Crippen LogP contribution in [0.15, 0.2) is 48.5 Å². The number of nitrogens with one attached hydrogen (secondary N) is 2. The van der Waals surface area contributed by atoms with Crippen molar-refractivity contribution < 1.29 is 28.7 Å². The molecule has 0 spiro atoms. The lowest BCUT2D eigenvalue weighted by Crippen LogP contribution is -2.52. The van der Waals surface area contributed by atoms with Gasteiger partial charge in [-0.25, -0.2) is 9.59 Å². The molecule has 0 radical (unpaired) electrons. The van der Waals surface area contributed by atoms with E-state index in [1.165, 1.54) is 4.90 Å². The monoisotopic (exact) mass is 609 g/mol. The van der Waals surface area contributed by atoms with Crippen molar-refractivity contribution in [1.82, 2.24) is 15.5 Å². The molecule has 0 aliphatic carbocycles. The van der Waals surface area contributed by atoms with Crippen molar-refractivity contribution in [2.24, 2.45) is 0 Å². The van der Waals surface area contributed by atoms with E-state index in [9.17, 15) is 19.2 Å². The van der Waals surface area contributed by atoms with Crippen LogP contribution in [0.4, 0.5) is 4.79 Å². The minimum Gasteiger partial charge on any atom is -0.458 e. The van der Waals surface area contributed by atoms with Gasteiger partial charge in [-0.3, -0.25) is 9.59 Å². The van der Waals surface area contributed by atoms with Gasteiger partial charge in [0.1, 0.15) is 29.8 Å². The Hall–Kier alpha value is -3.88. The average Bonchev–Trinajstić information content (AvgIpc) is 2.91. The van der Waals surface area contributed by atoms with Gasteiger partial charge in [0.2, 0.25) is 11.8 Å². The Morgan fingerprint density at radius 3 is 1.95 bits per heavy atom. The molecule has 9 heteroatoms. The first-order valence-electron chi connectivity index (χ1n) is 15.4.